The van der Waals surface area contributed by atoms with Crippen LogP contribution >= 0.6 is 0 Å². The van der Waals surface area contributed by atoms with Crippen molar-refractivity contribution in [1.82, 2.24) is 9.78 Å². The number of aliphatic hydroxyl groups is 1. The zero-order chi connectivity index (χ0) is 25.7. The first-order chi connectivity index (χ1) is 17.4. The third-order valence-corrected chi connectivity index (χ3v) is 5.41. The Morgan fingerprint density at radius 3 is 2.47 bits per heavy atom. The lowest BCUT2D eigenvalue weighted by Crippen LogP contribution is -2.23. The highest BCUT2D eigenvalue weighted by Gasteiger charge is 2.17. The standard InChI is InChI=1S/C27H24F2N4O3/c1-17-2-7-21(8-3-17)33-27(35)26(25(16-31-33)32-20(15-30)12-13-34)36-22-9-4-18(5-10-22)23-11-6-19(28)14-24(23)29/h2-11,14-16,32,34H,12-13,30H2,1H3/b20-15-. The Morgan fingerprint density at radius 2 is 1.83 bits per heavy atom. The fraction of sp³-hybridized carbons (Fsp3) is 0.111. The van der Waals surface area contributed by atoms with E-state index in [1.54, 1.807) is 36.4 Å². The number of aromatic nitrogens is 2. The molecule has 4 aromatic rings. The minimum absolute atomic E-state index is 0.0522. The second-order valence-electron chi connectivity index (χ2n) is 7.98. The molecule has 1 heterocycles. The molecule has 4 rings (SSSR count). The molecule has 36 heavy (non-hydrogen) atoms. The van der Waals surface area contributed by atoms with Crippen LogP contribution in [0.4, 0.5) is 14.5 Å². The van der Waals surface area contributed by atoms with Crippen LogP contribution in [-0.4, -0.2) is 21.5 Å². The Bertz CT molecular complexity index is 1450. The lowest BCUT2D eigenvalue weighted by molar-refractivity contribution is 0.299. The summed E-state index contributed by atoms with van der Waals surface area (Å²) in [6.45, 7) is 1.78. The summed E-state index contributed by atoms with van der Waals surface area (Å²) in [6.07, 6.45) is 2.95. The van der Waals surface area contributed by atoms with Gasteiger partial charge in [-0.25, -0.2) is 8.78 Å². The molecule has 0 unspecified atom stereocenters. The van der Waals surface area contributed by atoms with E-state index in [2.05, 4.69) is 10.4 Å². The fourth-order valence-electron chi connectivity index (χ4n) is 3.52. The zero-order valence-corrected chi connectivity index (χ0v) is 19.4. The normalized spacial score (nSPS) is 11.4. The number of nitrogens with one attached hydrogen (secondary N) is 1. The number of ether oxygens (including phenoxy) is 1. The topological polar surface area (TPSA) is 102 Å². The second-order valence-corrected chi connectivity index (χ2v) is 7.98. The molecule has 1 aromatic heterocycles. The molecule has 9 heteroatoms. The Labute approximate surface area is 206 Å². The molecule has 0 aliphatic rings. The molecular formula is C27H24F2N4O3. The number of nitrogens with two attached hydrogens (primary N) is 1. The van der Waals surface area contributed by atoms with Crippen molar-refractivity contribution < 1.29 is 18.6 Å². The van der Waals surface area contributed by atoms with E-state index in [0.29, 0.717) is 22.7 Å². The molecule has 0 fully saturated rings. The number of hydrogen-bond donors (Lipinski definition) is 3. The summed E-state index contributed by atoms with van der Waals surface area (Å²) in [5, 5.41) is 16.5. The van der Waals surface area contributed by atoms with Crippen LogP contribution in [0, 0.1) is 18.6 Å². The smallest absolute Gasteiger partial charge is 0.316 e. The van der Waals surface area contributed by atoms with Crippen LogP contribution in [0.1, 0.15) is 12.0 Å². The molecule has 0 aliphatic carbocycles. The number of aryl methyl sites for hydroxylation is 1. The number of anilines is 1. The molecule has 0 bridgehead atoms. The van der Waals surface area contributed by atoms with Crippen LogP contribution in [0.25, 0.3) is 16.8 Å². The van der Waals surface area contributed by atoms with Crippen molar-refractivity contribution in [3.8, 4) is 28.3 Å². The maximum absolute atomic E-state index is 14.2. The molecule has 0 spiro atoms. The molecular weight excluding hydrogens is 466 g/mol. The lowest BCUT2D eigenvalue weighted by atomic mass is 10.1. The van der Waals surface area contributed by atoms with Crippen LogP contribution in [0.5, 0.6) is 11.5 Å². The minimum Gasteiger partial charge on any atom is -0.449 e. The molecule has 7 nitrogen and oxygen atoms in total. The molecule has 0 amide bonds. The summed E-state index contributed by atoms with van der Waals surface area (Å²) in [5.41, 5.74) is 8.16. The molecule has 3 aromatic carbocycles. The number of hydrogen-bond acceptors (Lipinski definition) is 6. The number of rotatable bonds is 8. The summed E-state index contributed by atoms with van der Waals surface area (Å²) in [5.74, 6) is -1.09. The van der Waals surface area contributed by atoms with Gasteiger partial charge in [0.15, 0.2) is 0 Å². The molecule has 184 valence electrons. The van der Waals surface area contributed by atoms with Gasteiger partial charge < -0.3 is 20.9 Å². The second kappa shape index (κ2) is 10.8. The van der Waals surface area contributed by atoms with Crippen molar-refractivity contribution in [3.05, 3.63) is 112 Å². The Kier molecular flexibility index (Phi) is 7.41. The van der Waals surface area contributed by atoms with Gasteiger partial charge in [0, 0.05) is 36.6 Å². The first-order valence-corrected chi connectivity index (χ1v) is 11.1. The van der Waals surface area contributed by atoms with Gasteiger partial charge in [0.05, 0.1) is 11.9 Å². The number of halogens is 2. The van der Waals surface area contributed by atoms with Crippen LogP contribution < -0.4 is 21.3 Å². The first kappa shape index (κ1) is 24.6. The SMILES string of the molecule is Cc1ccc(-n2ncc(N/C(=C\N)CCO)c(Oc3ccc(-c4ccc(F)cc4F)cc3)c2=O)cc1. The van der Waals surface area contributed by atoms with Gasteiger partial charge in [-0.3, -0.25) is 4.79 Å². The van der Waals surface area contributed by atoms with Gasteiger partial charge in [-0.1, -0.05) is 29.8 Å². The number of nitrogens with zero attached hydrogens (tertiary/aromatic N) is 2. The highest BCUT2D eigenvalue weighted by atomic mass is 19.1. The summed E-state index contributed by atoms with van der Waals surface area (Å²) >= 11 is 0. The van der Waals surface area contributed by atoms with E-state index < -0.39 is 17.2 Å². The Balaban J connectivity index is 1.72. The van der Waals surface area contributed by atoms with Crippen molar-refractivity contribution in [3.63, 3.8) is 0 Å². The van der Waals surface area contributed by atoms with Crippen molar-refractivity contribution in [1.29, 1.82) is 0 Å². The van der Waals surface area contributed by atoms with Gasteiger partial charge in [0.1, 0.15) is 23.1 Å². The van der Waals surface area contributed by atoms with Gasteiger partial charge in [-0.05, 0) is 48.9 Å². The summed E-state index contributed by atoms with van der Waals surface area (Å²) in [4.78, 5) is 13.4. The van der Waals surface area contributed by atoms with E-state index in [4.69, 9.17) is 10.5 Å². The Morgan fingerprint density at radius 1 is 1.11 bits per heavy atom. The maximum Gasteiger partial charge on any atom is 0.316 e. The van der Waals surface area contributed by atoms with Crippen LogP contribution in [-0.2, 0) is 0 Å². The molecule has 0 saturated carbocycles. The van der Waals surface area contributed by atoms with E-state index in [9.17, 15) is 18.7 Å². The van der Waals surface area contributed by atoms with Gasteiger partial charge >= 0.3 is 5.56 Å². The summed E-state index contributed by atoms with van der Waals surface area (Å²) in [6, 6.07) is 17.0. The lowest BCUT2D eigenvalue weighted by Gasteiger charge is -2.16. The van der Waals surface area contributed by atoms with Crippen molar-refractivity contribution >= 4 is 5.69 Å². The predicted molar refractivity (Wildman–Crippen MR) is 134 cm³/mol. The minimum atomic E-state index is -0.685. The molecule has 0 saturated heterocycles. The van der Waals surface area contributed by atoms with Crippen molar-refractivity contribution in [2.45, 2.75) is 13.3 Å². The van der Waals surface area contributed by atoms with E-state index in [0.717, 1.165) is 11.6 Å². The van der Waals surface area contributed by atoms with Crippen LogP contribution in [0.15, 0.2) is 89.6 Å². The van der Waals surface area contributed by atoms with Gasteiger partial charge in [0.25, 0.3) is 0 Å². The van der Waals surface area contributed by atoms with Gasteiger partial charge in [-0.15, -0.1) is 0 Å². The highest BCUT2D eigenvalue weighted by Crippen LogP contribution is 2.30. The van der Waals surface area contributed by atoms with Crippen molar-refractivity contribution in [2.24, 2.45) is 5.73 Å². The molecule has 0 aliphatic heterocycles. The van der Waals surface area contributed by atoms with Gasteiger partial charge in [0.2, 0.25) is 5.75 Å². The monoisotopic (exact) mass is 490 g/mol. The quantitative estimate of drug-likeness (QED) is 0.326. The molecule has 0 radical (unpaired) electrons. The Hall–Kier alpha value is -4.50. The number of aliphatic hydroxyl groups excluding tert-OH is 1. The average Bonchev–Trinajstić information content (AvgIpc) is 2.87. The number of benzene rings is 3. The largest absolute Gasteiger partial charge is 0.449 e. The van der Waals surface area contributed by atoms with Gasteiger partial charge in [-0.2, -0.15) is 9.78 Å². The predicted octanol–water partition coefficient (Wildman–Crippen LogP) is 4.87. The maximum atomic E-state index is 14.2. The van der Waals surface area contributed by atoms with E-state index in [1.807, 2.05) is 19.1 Å². The first-order valence-electron chi connectivity index (χ1n) is 11.1. The molecule has 4 N–H and O–H groups in total. The third-order valence-electron chi connectivity index (χ3n) is 5.41. The third kappa shape index (κ3) is 5.42. The highest BCUT2D eigenvalue weighted by molar-refractivity contribution is 5.65. The molecule has 0 atom stereocenters. The van der Waals surface area contributed by atoms with E-state index in [-0.39, 0.29) is 30.0 Å². The fourth-order valence-corrected chi connectivity index (χ4v) is 3.52. The van der Waals surface area contributed by atoms with Crippen molar-refractivity contribution in [2.75, 3.05) is 11.9 Å². The van der Waals surface area contributed by atoms with Crippen LogP contribution in [0.2, 0.25) is 0 Å². The van der Waals surface area contributed by atoms with Crippen LogP contribution in [0.3, 0.4) is 0 Å². The summed E-state index contributed by atoms with van der Waals surface area (Å²) in [7, 11) is 0. The zero-order valence-electron chi connectivity index (χ0n) is 19.4. The average molecular weight is 491 g/mol. The van der Waals surface area contributed by atoms with E-state index in [1.165, 1.54) is 29.2 Å². The summed E-state index contributed by atoms with van der Waals surface area (Å²) < 4.78 is 34.6. The van der Waals surface area contributed by atoms with E-state index >= 15 is 0 Å².